The Bertz CT molecular complexity index is 744. The topological polar surface area (TPSA) is 174 Å². The first-order chi connectivity index (χ1) is 11.6. The van der Waals surface area contributed by atoms with Gasteiger partial charge in [-0.3, -0.25) is 24.5 Å². The van der Waals surface area contributed by atoms with Gasteiger partial charge < -0.3 is 25.2 Å². The lowest BCUT2D eigenvalue weighted by Crippen LogP contribution is -2.64. The molecule has 0 aliphatic carbocycles. The minimum Gasteiger partial charge on any atom is -0.480 e. The molecule has 25 heavy (non-hydrogen) atoms. The molecule has 140 valence electrons. The van der Waals surface area contributed by atoms with E-state index in [1.807, 2.05) is 4.98 Å². The van der Waals surface area contributed by atoms with E-state index >= 15 is 0 Å². The van der Waals surface area contributed by atoms with Gasteiger partial charge in [0.1, 0.15) is 24.4 Å². The van der Waals surface area contributed by atoms with Crippen molar-refractivity contribution >= 4 is 5.97 Å². The van der Waals surface area contributed by atoms with E-state index < -0.39 is 59.9 Å². The highest BCUT2D eigenvalue weighted by Gasteiger charge is 2.57. The van der Waals surface area contributed by atoms with Crippen molar-refractivity contribution in [3.05, 3.63) is 33.1 Å². The summed E-state index contributed by atoms with van der Waals surface area (Å²) in [4.78, 5) is 37.0. The summed E-state index contributed by atoms with van der Waals surface area (Å²) in [6.07, 6.45) is -3.67. The molecule has 6 N–H and O–H groups in total. The Morgan fingerprint density at radius 1 is 1.44 bits per heavy atom. The second-order valence-electron chi connectivity index (χ2n) is 6.16. The fourth-order valence-electron chi connectivity index (χ4n) is 2.75. The third-order valence-electron chi connectivity index (χ3n) is 4.09. The summed E-state index contributed by atoms with van der Waals surface area (Å²) in [5.41, 5.74) is -1.69. The predicted molar refractivity (Wildman–Crippen MR) is 82.7 cm³/mol. The van der Waals surface area contributed by atoms with Crippen molar-refractivity contribution in [2.45, 2.75) is 44.1 Å². The molecule has 1 aromatic heterocycles. The number of aromatic nitrogens is 2. The monoisotopic (exact) mass is 359 g/mol. The van der Waals surface area contributed by atoms with Crippen LogP contribution in [0.25, 0.3) is 0 Å². The highest BCUT2D eigenvalue weighted by molar-refractivity contribution is 5.73. The molecule has 1 aromatic rings. The van der Waals surface area contributed by atoms with E-state index in [0.717, 1.165) is 16.8 Å². The minimum absolute atomic E-state index is 0.478. The smallest absolute Gasteiger partial charge is 0.331 e. The van der Waals surface area contributed by atoms with E-state index in [4.69, 9.17) is 4.74 Å². The summed E-state index contributed by atoms with van der Waals surface area (Å²) >= 11 is 0. The second kappa shape index (κ2) is 7.06. The summed E-state index contributed by atoms with van der Waals surface area (Å²) in [7, 11) is 0. The van der Waals surface area contributed by atoms with E-state index in [9.17, 15) is 34.8 Å². The molecule has 2 heterocycles. The third kappa shape index (κ3) is 3.37. The Balaban J connectivity index is 2.62. The number of hydrogen-bond donors (Lipinski definition) is 6. The summed E-state index contributed by atoms with van der Waals surface area (Å²) in [5.74, 6) is -3.94. The molecule has 0 saturated carbocycles. The summed E-state index contributed by atoms with van der Waals surface area (Å²) in [6.45, 7) is 2.51. The lowest BCUT2D eigenvalue weighted by atomic mass is 10.0. The van der Waals surface area contributed by atoms with Crippen LogP contribution in [0.5, 0.6) is 0 Å². The van der Waals surface area contributed by atoms with Crippen molar-refractivity contribution < 1.29 is 30.0 Å². The largest absolute Gasteiger partial charge is 0.480 e. The van der Waals surface area contributed by atoms with Crippen molar-refractivity contribution in [1.29, 1.82) is 0 Å². The van der Waals surface area contributed by atoms with Crippen LogP contribution < -0.4 is 16.6 Å². The van der Waals surface area contributed by atoms with Crippen molar-refractivity contribution in [3.63, 3.8) is 0 Å². The van der Waals surface area contributed by atoms with Gasteiger partial charge in [0.15, 0.2) is 0 Å². The number of aliphatic hydroxyl groups is 3. The molecule has 0 bridgehead atoms. The average molecular weight is 359 g/mol. The number of carboxylic acid groups (broad SMARTS) is 1. The van der Waals surface area contributed by atoms with Gasteiger partial charge in [-0.1, -0.05) is 13.8 Å². The van der Waals surface area contributed by atoms with Crippen molar-refractivity contribution in [1.82, 2.24) is 14.9 Å². The van der Waals surface area contributed by atoms with E-state index in [1.54, 1.807) is 13.8 Å². The number of ether oxygens (including phenoxy) is 1. The molecule has 0 radical (unpaired) electrons. The van der Waals surface area contributed by atoms with Gasteiger partial charge in [0.2, 0.25) is 5.85 Å². The maximum absolute atomic E-state index is 12.2. The van der Waals surface area contributed by atoms with Crippen LogP contribution >= 0.6 is 0 Å². The first-order valence-electron chi connectivity index (χ1n) is 7.61. The van der Waals surface area contributed by atoms with Gasteiger partial charge >= 0.3 is 11.7 Å². The summed E-state index contributed by atoms with van der Waals surface area (Å²) < 4.78 is 6.22. The molecule has 0 spiro atoms. The lowest BCUT2D eigenvalue weighted by molar-refractivity contribution is -0.186. The first-order valence-corrected chi connectivity index (χ1v) is 7.61. The number of hydrogen-bond acceptors (Lipinski definition) is 8. The fraction of sp³-hybridized carbons (Fsp3) is 0.643. The number of carbonyl (C=O) groups is 1. The lowest BCUT2D eigenvalue weighted by Gasteiger charge is -2.37. The predicted octanol–water partition coefficient (Wildman–Crippen LogP) is -3.04. The highest BCUT2D eigenvalue weighted by atomic mass is 16.6. The number of aliphatic carboxylic acids is 1. The minimum atomic E-state index is -2.19. The molecular weight excluding hydrogens is 338 g/mol. The normalized spacial score (nSPS) is 30.6. The molecule has 11 nitrogen and oxygen atoms in total. The van der Waals surface area contributed by atoms with E-state index in [-0.39, 0.29) is 0 Å². The van der Waals surface area contributed by atoms with Crippen LogP contribution in [0.15, 0.2) is 21.9 Å². The molecule has 0 aromatic carbocycles. The molecule has 0 unspecified atom stereocenters. The average Bonchev–Trinajstić information content (AvgIpc) is 2.77. The second-order valence-corrected chi connectivity index (χ2v) is 6.16. The maximum Gasteiger partial charge on any atom is 0.331 e. The molecule has 1 saturated heterocycles. The van der Waals surface area contributed by atoms with Crippen LogP contribution in [0.2, 0.25) is 0 Å². The number of H-pyrrole nitrogens is 1. The van der Waals surface area contributed by atoms with Crippen LogP contribution in [-0.4, -0.2) is 66.9 Å². The SMILES string of the molecule is CC(C)[C@H](N[C@@]1(n2ccc(=O)[nH]c2=O)O[C@H](CO)[C@@H](O)[C@H]1O)C(=O)O. The molecular formula is C14H21N3O8. The number of aromatic amines is 1. The quantitative estimate of drug-likeness (QED) is 0.308. The van der Waals surface area contributed by atoms with E-state index in [1.165, 1.54) is 0 Å². The molecule has 2 rings (SSSR count). The Labute approximate surface area is 141 Å². The first kappa shape index (κ1) is 19.3. The Kier molecular flexibility index (Phi) is 5.44. The molecule has 11 heteroatoms. The fourth-order valence-corrected chi connectivity index (χ4v) is 2.75. The number of rotatable bonds is 6. The molecule has 1 aliphatic rings. The van der Waals surface area contributed by atoms with Crippen LogP contribution in [0, 0.1) is 5.92 Å². The molecule has 1 aliphatic heterocycles. The molecule has 5 atom stereocenters. The van der Waals surface area contributed by atoms with Gasteiger partial charge in [0, 0.05) is 12.3 Å². The standard InChI is InChI=1S/C14H21N3O8/c1-6(2)9(12(22)23)16-14(11(21)10(20)7(5-18)25-14)17-4-3-8(19)15-13(17)24/h3-4,6-7,9-11,16,18,20-21H,5H2,1-2H3,(H,22,23)(H,15,19,24)/t7-,9+,10-,11-,14+/m1/s1. The summed E-state index contributed by atoms with van der Waals surface area (Å²) in [5, 5.41) is 41.8. The number of aliphatic hydroxyl groups excluding tert-OH is 3. The van der Waals surface area contributed by atoms with Crippen LogP contribution in [-0.2, 0) is 15.4 Å². The number of nitrogens with zero attached hydrogens (tertiary/aromatic N) is 1. The van der Waals surface area contributed by atoms with Crippen molar-refractivity contribution in [3.8, 4) is 0 Å². The molecule has 0 amide bonds. The van der Waals surface area contributed by atoms with Crippen LogP contribution in [0.3, 0.4) is 0 Å². The van der Waals surface area contributed by atoms with Gasteiger partial charge in [-0.2, -0.15) is 0 Å². The van der Waals surface area contributed by atoms with Crippen LogP contribution in [0.4, 0.5) is 0 Å². The zero-order valence-corrected chi connectivity index (χ0v) is 13.6. The number of carboxylic acids is 1. The Morgan fingerprint density at radius 2 is 2.08 bits per heavy atom. The van der Waals surface area contributed by atoms with Gasteiger partial charge in [-0.05, 0) is 5.92 Å². The number of nitrogens with one attached hydrogen (secondary N) is 2. The third-order valence-corrected chi connectivity index (χ3v) is 4.09. The zero-order valence-electron chi connectivity index (χ0n) is 13.6. The molecule has 1 fully saturated rings. The van der Waals surface area contributed by atoms with E-state index in [0.29, 0.717) is 0 Å². The highest BCUT2D eigenvalue weighted by Crippen LogP contribution is 2.33. The van der Waals surface area contributed by atoms with E-state index in [2.05, 4.69) is 5.32 Å². The van der Waals surface area contributed by atoms with Gasteiger partial charge in [-0.25, -0.2) is 4.79 Å². The van der Waals surface area contributed by atoms with Gasteiger partial charge in [0.05, 0.1) is 6.61 Å². The van der Waals surface area contributed by atoms with Gasteiger partial charge in [0.25, 0.3) is 5.56 Å². The Hall–Kier alpha value is -2.05. The Morgan fingerprint density at radius 3 is 2.52 bits per heavy atom. The van der Waals surface area contributed by atoms with Gasteiger partial charge in [-0.15, -0.1) is 0 Å². The zero-order chi connectivity index (χ0) is 18.9. The van der Waals surface area contributed by atoms with Crippen molar-refractivity contribution in [2.75, 3.05) is 6.61 Å². The maximum atomic E-state index is 12.2. The van der Waals surface area contributed by atoms with Crippen LogP contribution in [0.1, 0.15) is 13.8 Å². The van der Waals surface area contributed by atoms with Crippen molar-refractivity contribution in [2.24, 2.45) is 5.92 Å². The summed E-state index contributed by atoms with van der Waals surface area (Å²) in [6, 6.07) is -0.289.